The zero-order valence-corrected chi connectivity index (χ0v) is 13.8. The highest BCUT2D eigenvalue weighted by atomic mass is 16.3. The van der Waals surface area contributed by atoms with Crippen molar-refractivity contribution in [1.82, 2.24) is 14.8 Å². The van der Waals surface area contributed by atoms with E-state index in [0.29, 0.717) is 18.7 Å². The fraction of sp³-hybridized carbons (Fsp3) is 0.412. The highest BCUT2D eigenvalue weighted by Crippen LogP contribution is 2.13. The van der Waals surface area contributed by atoms with Crippen molar-refractivity contribution < 1.29 is 14.3 Å². The topological polar surface area (TPSA) is 69.8 Å². The Kier molecular flexibility index (Phi) is 5.76. The van der Waals surface area contributed by atoms with Crippen molar-refractivity contribution in [3.05, 3.63) is 47.7 Å². The van der Waals surface area contributed by atoms with Gasteiger partial charge in [0, 0.05) is 19.3 Å². The lowest BCUT2D eigenvalue weighted by Gasteiger charge is -2.23. The number of rotatable bonds is 7. The SMILES string of the molecule is Cc1ccc(CN(CCN(C)C)C(=O)Cc2cncc(O)c2)o1. The average Bonchev–Trinajstić information content (AvgIpc) is 2.88. The van der Waals surface area contributed by atoms with E-state index in [2.05, 4.69) is 4.98 Å². The maximum absolute atomic E-state index is 12.6. The molecule has 1 N–H and O–H groups in total. The van der Waals surface area contributed by atoms with Crippen molar-refractivity contribution in [2.75, 3.05) is 27.2 Å². The van der Waals surface area contributed by atoms with E-state index in [1.54, 1.807) is 17.2 Å². The predicted octanol–water partition coefficient (Wildman–Crippen LogP) is 1.82. The smallest absolute Gasteiger partial charge is 0.227 e. The first-order chi connectivity index (χ1) is 10.9. The lowest BCUT2D eigenvalue weighted by molar-refractivity contribution is -0.131. The minimum absolute atomic E-state index is 0.0201. The molecule has 2 aromatic heterocycles. The number of nitrogens with zero attached hydrogens (tertiary/aromatic N) is 3. The van der Waals surface area contributed by atoms with Crippen LogP contribution in [0.2, 0.25) is 0 Å². The van der Waals surface area contributed by atoms with Crippen LogP contribution in [0.25, 0.3) is 0 Å². The van der Waals surface area contributed by atoms with Gasteiger partial charge in [-0.15, -0.1) is 0 Å². The summed E-state index contributed by atoms with van der Waals surface area (Å²) in [6.07, 6.45) is 3.15. The molecule has 0 aliphatic heterocycles. The van der Waals surface area contributed by atoms with Crippen LogP contribution in [0.4, 0.5) is 0 Å². The number of carbonyl (C=O) groups excluding carboxylic acids is 1. The second-order valence-corrected chi connectivity index (χ2v) is 5.86. The van der Waals surface area contributed by atoms with Gasteiger partial charge in [0.25, 0.3) is 0 Å². The summed E-state index contributed by atoms with van der Waals surface area (Å²) in [4.78, 5) is 20.3. The van der Waals surface area contributed by atoms with Crippen LogP contribution in [0, 0.1) is 6.92 Å². The molecule has 2 aromatic rings. The molecule has 0 aliphatic rings. The molecule has 1 amide bonds. The fourth-order valence-electron chi connectivity index (χ4n) is 2.23. The number of furan rings is 1. The molecule has 6 nitrogen and oxygen atoms in total. The van der Waals surface area contributed by atoms with Crippen LogP contribution in [-0.2, 0) is 17.8 Å². The van der Waals surface area contributed by atoms with Gasteiger partial charge >= 0.3 is 0 Å². The molecule has 124 valence electrons. The van der Waals surface area contributed by atoms with Gasteiger partial charge < -0.3 is 19.3 Å². The quantitative estimate of drug-likeness (QED) is 0.843. The normalized spacial score (nSPS) is 11.0. The summed E-state index contributed by atoms with van der Waals surface area (Å²) < 4.78 is 5.58. The Labute approximate surface area is 136 Å². The van der Waals surface area contributed by atoms with Gasteiger partial charge in [0.2, 0.25) is 5.91 Å². The van der Waals surface area contributed by atoms with E-state index in [1.165, 1.54) is 6.20 Å². The molecule has 0 aliphatic carbocycles. The molecule has 6 heteroatoms. The molecule has 23 heavy (non-hydrogen) atoms. The molecule has 0 fully saturated rings. The maximum atomic E-state index is 12.6. The Balaban J connectivity index is 2.06. The number of likely N-dealkylation sites (N-methyl/N-ethyl adjacent to an activating group) is 1. The number of amides is 1. The van der Waals surface area contributed by atoms with Crippen LogP contribution in [0.15, 0.2) is 35.0 Å². The highest BCUT2D eigenvalue weighted by Gasteiger charge is 2.17. The third-order valence-corrected chi connectivity index (χ3v) is 3.45. The van der Waals surface area contributed by atoms with Gasteiger partial charge in [-0.05, 0) is 44.8 Å². The van der Waals surface area contributed by atoms with Crippen molar-refractivity contribution in [1.29, 1.82) is 0 Å². The van der Waals surface area contributed by atoms with Gasteiger partial charge in [0.05, 0.1) is 19.2 Å². The Bertz CT molecular complexity index is 652. The lowest BCUT2D eigenvalue weighted by Crippen LogP contribution is -2.37. The Morgan fingerprint density at radius 2 is 2.04 bits per heavy atom. The van der Waals surface area contributed by atoms with Gasteiger partial charge in [-0.2, -0.15) is 0 Å². The van der Waals surface area contributed by atoms with E-state index in [0.717, 1.165) is 18.1 Å². The van der Waals surface area contributed by atoms with Crippen LogP contribution in [0.5, 0.6) is 5.75 Å². The van der Waals surface area contributed by atoms with E-state index >= 15 is 0 Å². The summed E-state index contributed by atoms with van der Waals surface area (Å²) in [6, 6.07) is 5.34. The molecular weight excluding hydrogens is 294 g/mol. The largest absolute Gasteiger partial charge is 0.506 e. The van der Waals surface area contributed by atoms with Crippen molar-refractivity contribution in [3.63, 3.8) is 0 Å². The third kappa shape index (κ3) is 5.41. The van der Waals surface area contributed by atoms with Crippen LogP contribution in [0.1, 0.15) is 17.1 Å². The molecule has 2 heterocycles. The van der Waals surface area contributed by atoms with Crippen molar-refractivity contribution in [2.45, 2.75) is 19.9 Å². The van der Waals surface area contributed by atoms with Crippen LogP contribution in [0.3, 0.4) is 0 Å². The Hall–Kier alpha value is -2.34. The first-order valence-electron chi connectivity index (χ1n) is 7.55. The number of aromatic nitrogens is 1. The standard InChI is InChI=1S/C17H23N3O3/c1-13-4-5-16(23-13)12-20(7-6-19(2)3)17(22)9-14-8-15(21)11-18-10-14/h4-5,8,10-11,21H,6-7,9,12H2,1-3H3. The lowest BCUT2D eigenvalue weighted by atomic mass is 10.2. The zero-order chi connectivity index (χ0) is 16.8. The minimum Gasteiger partial charge on any atom is -0.506 e. The van der Waals surface area contributed by atoms with E-state index in [9.17, 15) is 9.90 Å². The molecule has 0 spiro atoms. The second kappa shape index (κ2) is 7.78. The van der Waals surface area contributed by atoms with Crippen molar-refractivity contribution >= 4 is 5.91 Å². The summed E-state index contributed by atoms with van der Waals surface area (Å²) in [5, 5.41) is 9.47. The number of hydrogen-bond acceptors (Lipinski definition) is 5. The molecule has 0 radical (unpaired) electrons. The van der Waals surface area contributed by atoms with Crippen molar-refractivity contribution in [2.24, 2.45) is 0 Å². The van der Waals surface area contributed by atoms with Gasteiger partial charge in [0.15, 0.2) is 0 Å². The molecule has 0 saturated heterocycles. The van der Waals surface area contributed by atoms with Gasteiger partial charge in [-0.1, -0.05) is 0 Å². The first-order valence-corrected chi connectivity index (χ1v) is 7.55. The average molecular weight is 317 g/mol. The summed E-state index contributed by atoms with van der Waals surface area (Å²) in [5.74, 6) is 1.64. The van der Waals surface area contributed by atoms with E-state index < -0.39 is 0 Å². The van der Waals surface area contributed by atoms with Gasteiger partial charge in [-0.3, -0.25) is 9.78 Å². The van der Waals surface area contributed by atoms with E-state index in [4.69, 9.17) is 4.42 Å². The molecule has 0 unspecified atom stereocenters. The number of aromatic hydroxyl groups is 1. The maximum Gasteiger partial charge on any atom is 0.227 e. The summed E-state index contributed by atoms with van der Waals surface area (Å²) in [7, 11) is 3.94. The van der Waals surface area contributed by atoms with Crippen LogP contribution in [-0.4, -0.2) is 53.0 Å². The molecule has 0 saturated carbocycles. The number of pyridine rings is 1. The summed E-state index contributed by atoms with van der Waals surface area (Å²) >= 11 is 0. The van der Waals surface area contributed by atoms with Crippen LogP contribution >= 0.6 is 0 Å². The van der Waals surface area contributed by atoms with E-state index in [1.807, 2.05) is 38.1 Å². The van der Waals surface area contributed by atoms with Gasteiger partial charge in [0.1, 0.15) is 17.3 Å². The monoisotopic (exact) mass is 317 g/mol. The number of hydrogen-bond donors (Lipinski definition) is 1. The summed E-state index contributed by atoms with van der Waals surface area (Å²) in [6.45, 7) is 3.70. The van der Waals surface area contributed by atoms with Crippen LogP contribution < -0.4 is 0 Å². The minimum atomic E-state index is -0.0201. The Morgan fingerprint density at radius 3 is 2.65 bits per heavy atom. The molecule has 2 rings (SSSR count). The first kappa shape index (κ1) is 17.0. The fourth-order valence-corrected chi connectivity index (χ4v) is 2.23. The molecule has 0 atom stereocenters. The molecule has 0 aromatic carbocycles. The number of aryl methyl sites for hydroxylation is 1. The predicted molar refractivity (Wildman–Crippen MR) is 87.0 cm³/mol. The Morgan fingerprint density at radius 1 is 1.26 bits per heavy atom. The number of carbonyl (C=O) groups is 1. The zero-order valence-electron chi connectivity index (χ0n) is 13.8. The van der Waals surface area contributed by atoms with Gasteiger partial charge in [-0.25, -0.2) is 0 Å². The van der Waals surface area contributed by atoms with E-state index in [-0.39, 0.29) is 18.1 Å². The highest BCUT2D eigenvalue weighted by molar-refractivity contribution is 5.78. The second-order valence-electron chi connectivity index (χ2n) is 5.86. The third-order valence-electron chi connectivity index (χ3n) is 3.45. The molecular formula is C17H23N3O3. The molecule has 0 bridgehead atoms. The summed E-state index contributed by atoms with van der Waals surface area (Å²) in [5.41, 5.74) is 0.695. The van der Waals surface area contributed by atoms with Crippen molar-refractivity contribution in [3.8, 4) is 5.75 Å².